The maximum Gasteiger partial charge on any atom is 0.339 e. The maximum absolute atomic E-state index is 13.9. The molecule has 0 bridgehead atoms. The van der Waals surface area contributed by atoms with Crippen molar-refractivity contribution < 1.29 is 23.8 Å². The molecule has 0 radical (unpaired) electrons. The van der Waals surface area contributed by atoms with E-state index < -0.39 is 23.3 Å². The second kappa shape index (κ2) is 8.29. The topological polar surface area (TPSA) is 87.7 Å². The number of hydrogen-bond acceptors (Lipinski definition) is 5. The Morgan fingerprint density at radius 2 is 1.94 bits per heavy atom. The van der Waals surface area contributed by atoms with Gasteiger partial charge in [-0.15, -0.1) is 11.3 Å². The van der Waals surface area contributed by atoms with Gasteiger partial charge in [0.25, 0.3) is 5.91 Å². The Balaban J connectivity index is 1.94. The number of benzene rings is 1. The number of thiophene rings is 1. The van der Waals surface area contributed by atoms with Crippen LogP contribution in [-0.2, 0) is 11.3 Å². The van der Waals surface area contributed by atoms with Gasteiger partial charge < -0.3 is 15.2 Å². The normalized spacial score (nSPS) is 17.5. The van der Waals surface area contributed by atoms with Gasteiger partial charge in [-0.25, -0.2) is 9.18 Å². The summed E-state index contributed by atoms with van der Waals surface area (Å²) < 4.78 is 19.9. The van der Waals surface area contributed by atoms with Crippen LogP contribution < -0.4 is 10.6 Å². The van der Waals surface area contributed by atoms with E-state index in [0.29, 0.717) is 5.00 Å². The van der Waals surface area contributed by atoms with Crippen LogP contribution in [0.2, 0.25) is 0 Å². The molecule has 1 aliphatic rings. The molecule has 1 atom stereocenters. The number of fused-ring (bicyclic) bond motifs is 1. The molecule has 9 heteroatoms. The van der Waals surface area contributed by atoms with Crippen molar-refractivity contribution in [3.05, 3.63) is 51.7 Å². The van der Waals surface area contributed by atoms with E-state index in [1.807, 2.05) is 34.6 Å². The summed E-state index contributed by atoms with van der Waals surface area (Å²) >= 11 is 6.44. The molecule has 3 N–H and O–H groups in total. The highest BCUT2D eigenvalue weighted by atomic mass is 32.1. The lowest BCUT2D eigenvalue weighted by molar-refractivity contribution is -0.0843. The van der Waals surface area contributed by atoms with Gasteiger partial charge in [-0.05, 0) is 49.2 Å². The largest absolute Gasteiger partial charge is 0.478 e. The third-order valence-corrected chi connectivity index (χ3v) is 6.53. The standard InChI is InChI=1S/C22H25FN2O4S2/c1-21(2,3)16-14-13(10-29-22(16,4)5)31-18(15(14)19(27)28)25-20(30)24-17(26)11-8-6-7-9-12(11)23/h6-9,16H,10H2,1-5H3,(H,27,28)(H2,24,25,26,30). The number of carbonyl (C=O) groups excluding carboxylic acids is 1. The van der Waals surface area contributed by atoms with Crippen molar-refractivity contribution in [3.8, 4) is 0 Å². The van der Waals surface area contributed by atoms with Gasteiger partial charge in [-0.3, -0.25) is 10.1 Å². The van der Waals surface area contributed by atoms with Crippen LogP contribution in [0.1, 0.15) is 71.7 Å². The zero-order chi connectivity index (χ0) is 23.1. The molecule has 0 aliphatic carbocycles. The van der Waals surface area contributed by atoms with E-state index in [9.17, 15) is 19.1 Å². The summed E-state index contributed by atoms with van der Waals surface area (Å²) in [5, 5.41) is 15.5. The first-order valence-electron chi connectivity index (χ1n) is 9.72. The first kappa shape index (κ1) is 23.3. The predicted octanol–water partition coefficient (Wildman–Crippen LogP) is 5.15. The molecule has 3 rings (SSSR count). The molecule has 1 aromatic heterocycles. The van der Waals surface area contributed by atoms with Gasteiger partial charge in [-0.2, -0.15) is 0 Å². The number of anilines is 1. The van der Waals surface area contributed by atoms with Gasteiger partial charge in [-0.1, -0.05) is 32.9 Å². The van der Waals surface area contributed by atoms with Crippen LogP contribution in [0, 0.1) is 11.2 Å². The summed E-state index contributed by atoms with van der Waals surface area (Å²) in [6.07, 6.45) is 0. The summed E-state index contributed by atoms with van der Waals surface area (Å²) in [6, 6.07) is 5.54. The second-order valence-electron chi connectivity index (χ2n) is 9.03. The zero-order valence-corrected chi connectivity index (χ0v) is 19.6. The molecule has 0 spiro atoms. The fraction of sp³-hybridized carbons (Fsp3) is 0.409. The monoisotopic (exact) mass is 464 g/mol. The van der Waals surface area contributed by atoms with E-state index in [1.165, 1.54) is 29.5 Å². The minimum Gasteiger partial charge on any atom is -0.478 e. The van der Waals surface area contributed by atoms with Crippen LogP contribution in [0.3, 0.4) is 0 Å². The van der Waals surface area contributed by atoms with Crippen LogP contribution >= 0.6 is 23.6 Å². The van der Waals surface area contributed by atoms with Crippen molar-refractivity contribution in [3.63, 3.8) is 0 Å². The number of thiocarbonyl (C=S) groups is 1. The van der Waals surface area contributed by atoms with Gasteiger partial charge in [0.05, 0.1) is 23.3 Å². The summed E-state index contributed by atoms with van der Waals surface area (Å²) in [7, 11) is 0. The number of ether oxygens (including phenoxy) is 1. The van der Waals surface area contributed by atoms with E-state index in [1.54, 1.807) is 6.07 Å². The highest BCUT2D eigenvalue weighted by Crippen LogP contribution is 2.53. The smallest absolute Gasteiger partial charge is 0.339 e. The summed E-state index contributed by atoms with van der Waals surface area (Å²) in [6.45, 7) is 10.4. The number of nitrogens with one attached hydrogen (secondary N) is 2. The average Bonchev–Trinajstić information content (AvgIpc) is 2.97. The quantitative estimate of drug-likeness (QED) is 0.545. The van der Waals surface area contributed by atoms with Crippen molar-refractivity contribution >= 4 is 45.5 Å². The molecule has 2 aromatic rings. The fourth-order valence-electron chi connectivity index (χ4n) is 4.31. The highest BCUT2D eigenvalue weighted by Gasteiger charge is 2.47. The average molecular weight is 465 g/mol. The first-order valence-corrected chi connectivity index (χ1v) is 10.9. The Morgan fingerprint density at radius 3 is 2.52 bits per heavy atom. The van der Waals surface area contributed by atoms with Crippen LogP contribution in [-0.4, -0.2) is 27.7 Å². The summed E-state index contributed by atoms with van der Waals surface area (Å²) in [5.41, 5.74) is -0.127. The Hall–Kier alpha value is -2.36. The van der Waals surface area contributed by atoms with Gasteiger partial charge in [0.2, 0.25) is 0 Å². The van der Waals surface area contributed by atoms with Crippen molar-refractivity contribution in [2.45, 2.75) is 52.7 Å². The number of carbonyl (C=O) groups is 2. The number of rotatable bonds is 3. The van der Waals surface area contributed by atoms with E-state index in [2.05, 4.69) is 10.6 Å². The second-order valence-corrected chi connectivity index (χ2v) is 10.5. The number of hydrogen-bond donors (Lipinski definition) is 3. The number of halogens is 1. The van der Waals surface area contributed by atoms with E-state index in [-0.39, 0.29) is 34.2 Å². The molecule has 1 unspecified atom stereocenters. The van der Waals surface area contributed by atoms with Gasteiger partial charge >= 0.3 is 5.97 Å². The molecule has 0 saturated carbocycles. The Morgan fingerprint density at radius 1 is 1.29 bits per heavy atom. The van der Waals surface area contributed by atoms with Gasteiger partial charge in [0.15, 0.2) is 5.11 Å². The number of aromatic carboxylic acids is 1. The van der Waals surface area contributed by atoms with Gasteiger partial charge in [0.1, 0.15) is 10.8 Å². The molecule has 166 valence electrons. The minimum atomic E-state index is -1.09. The predicted molar refractivity (Wildman–Crippen MR) is 122 cm³/mol. The van der Waals surface area contributed by atoms with Crippen LogP contribution in [0.5, 0.6) is 0 Å². The number of carboxylic acid groups (broad SMARTS) is 1. The number of amides is 1. The molecule has 31 heavy (non-hydrogen) atoms. The molecule has 1 amide bonds. The molecule has 0 saturated heterocycles. The molecule has 6 nitrogen and oxygen atoms in total. The lowest BCUT2D eigenvalue weighted by atomic mass is 9.66. The van der Waals surface area contributed by atoms with Crippen molar-refractivity contribution in [2.75, 3.05) is 5.32 Å². The van der Waals surface area contributed by atoms with E-state index in [0.717, 1.165) is 10.4 Å². The molecule has 1 aromatic carbocycles. The lowest BCUT2D eigenvalue weighted by Crippen LogP contribution is -2.43. The van der Waals surface area contributed by atoms with Crippen LogP contribution in [0.25, 0.3) is 0 Å². The maximum atomic E-state index is 13.9. The van der Waals surface area contributed by atoms with Crippen molar-refractivity contribution in [1.29, 1.82) is 0 Å². The zero-order valence-electron chi connectivity index (χ0n) is 18.0. The highest BCUT2D eigenvalue weighted by molar-refractivity contribution is 7.80. The van der Waals surface area contributed by atoms with Crippen molar-refractivity contribution in [2.24, 2.45) is 5.41 Å². The summed E-state index contributed by atoms with van der Waals surface area (Å²) in [4.78, 5) is 25.4. The van der Waals surface area contributed by atoms with Crippen LogP contribution in [0.4, 0.5) is 9.39 Å². The molecule has 2 heterocycles. The molecular formula is C22H25FN2O4S2. The minimum absolute atomic E-state index is 0.109. The fourth-order valence-corrected chi connectivity index (χ4v) is 5.72. The number of carboxylic acids is 1. The first-order chi connectivity index (χ1) is 14.3. The molecule has 1 aliphatic heterocycles. The Bertz CT molecular complexity index is 1060. The Kier molecular flexibility index (Phi) is 6.23. The van der Waals surface area contributed by atoms with Gasteiger partial charge in [0, 0.05) is 10.8 Å². The SMILES string of the molecule is CC(C)(C)C1c2c(sc(NC(=S)NC(=O)c3ccccc3F)c2C(=O)O)COC1(C)C. The molecule has 0 fully saturated rings. The third-order valence-electron chi connectivity index (χ3n) is 5.23. The van der Waals surface area contributed by atoms with E-state index >= 15 is 0 Å². The summed E-state index contributed by atoms with van der Waals surface area (Å²) in [5.74, 6) is -2.66. The lowest BCUT2D eigenvalue weighted by Gasteiger charge is -2.46. The van der Waals surface area contributed by atoms with E-state index in [4.69, 9.17) is 17.0 Å². The molecular weight excluding hydrogens is 439 g/mol. The Labute approximate surface area is 189 Å². The third kappa shape index (κ3) is 4.63. The van der Waals surface area contributed by atoms with Crippen molar-refractivity contribution in [1.82, 2.24) is 5.32 Å². The van der Waals surface area contributed by atoms with Crippen LogP contribution in [0.15, 0.2) is 24.3 Å².